The fourth-order valence-corrected chi connectivity index (χ4v) is 3.25. The molecular weight excluding hydrogens is 296 g/mol. The molecule has 2 fully saturated rings. The zero-order chi connectivity index (χ0) is 15.0. The molecular formula is C14H17ClN2O4. The molecule has 0 saturated carbocycles. The van der Waals surface area contributed by atoms with E-state index in [9.17, 15) is 10.1 Å². The van der Waals surface area contributed by atoms with Gasteiger partial charge in [-0.2, -0.15) is 0 Å². The Morgan fingerprint density at radius 2 is 2.24 bits per heavy atom. The molecule has 2 aliphatic heterocycles. The maximum Gasteiger partial charge on any atom is 0.273 e. The Hall–Kier alpha value is -1.37. The Morgan fingerprint density at radius 1 is 1.43 bits per heavy atom. The van der Waals surface area contributed by atoms with Gasteiger partial charge in [0.15, 0.2) is 0 Å². The second-order valence-electron chi connectivity index (χ2n) is 5.60. The molecule has 0 bridgehead atoms. The van der Waals surface area contributed by atoms with Gasteiger partial charge in [-0.25, -0.2) is 0 Å². The van der Waals surface area contributed by atoms with E-state index in [0.29, 0.717) is 37.0 Å². The summed E-state index contributed by atoms with van der Waals surface area (Å²) in [5.74, 6) is 0. The number of ether oxygens (including phenoxy) is 2. The zero-order valence-electron chi connectivity index (χ0n) is 11.8. The van der Waals surface area contributed by atoms with Crippen LogP contribution in [0.4, 0.5) is 11.4 Å². The van der Waals surface area contributed by atoms with Crippen molar-refractivity contribution in [1.82, 2.24) is 0 Å². The van der Waals surface area contributed by atoms with Crippen molar-refractivity contribution in [2.24, 2.45) is 0 Å². The van der Waals surface area contributed by atoms with Gasteiger partial charge >= 0.3 is 0 Å². The number of hydrogen-bond donors (Lipinski definition) is 0. The van der Waals surface area contributed by atoms with Crippen molar-refractivity contribution in [2.45, 2.75) is 18.9 Å². The largest absolute Gasteiger partial charge is 0.378 e. The fourth-order valence-electron chi connectivity index (χ4n) is 2.97. The normalized spacial score (nSPS) is 25.5. The first kappa shape index (κ1) is 14.6. The number of aryl methyl sites for hydroxylation is 1. The summed E-state index contributed by atoms with van der Waals surface area (Å²) in [6.45, 7) is 5.05. The third-order valence-electron chi connectivity index (χ3n) is 4.12. The smallest absolute Gasteiger partial charge is 0.273 e. The van der Waals surface area contributed by atoms with Crippen molar-refractivity contribution in [3.63, 3.8) is 0 Å². The highest BCUT2D eigenvalue weighted by atomic mass is 35.5. The minimum absolute atomic E-state index is 0.0518. The van der Waals surface area contributed by atoms with E-state index < -0.39 is 4.92 Å². The monoisotopic (exact) mass is 312 g/mol. The molecule has 0 amide bonds. The lowest BCUT2D eigenvalue weighted by molar-refractivity contribution is -0.385. The van der Waals surface area contributed by atoms with Crippen molar-refractivity contribution >= 4 is 23.0 Å². The molecule has 0 aromatic heterocycles. The molecule has 1 spiro atoms. The summed E-state index contributed by atoms with van der Waals surface area (Å²) in [6, 6.07) is 3.22. The van der Waals surface area contributed by atoms with E-state index in [4.69, 9.17) is 21.1 Å². The average molecular weight is 313 g/mol. The highest BCUT2D eigenvalue weighted by Crippen LogP contribution is 2.36. The summed E-state index contributed by atoms with van der Waals surface area (Å²) in [5, 5.41) is 11.4. The van der Waals surface area contributed by atoms with Crippen LogP contribution in [-0.2, 0) is 9.47 Å². The first-order valence-corrected chi connectivity index (χ1v) is 7.30. The molecule has 2 saturated heterocycles. The van der Waals surface area contributed by atoms with E-state index in [1.54, 1.807) is 13.0 Å². The molecule has 1 aromatic rings. The summed E-state index contributed by atoms with van der Waals surface area (Å²) >= 11 is 6.26. The number of benzene rings is 1. The van der Waals surface area contributed by atoms with Gasteiger partial charge in [0.05, 0.1) is 28.8 Å². The van der Waals surface area contributed by atoms with Crippen LogP contribution < -0.4 is 4.90 Å². The van der Waals surface area contributed by atoms with E-state index in [1.807, 2.05) is 0 Å². The summed E-state index contributed by atoms with van der Waals surface area (Å²) in [6.07, 6.45) is 0.868. The van der Waals surface area contributed by atoms with Crippen LogP contribution in [0, 0.1) is 17.0 Å². The van der Waals surface area contributed by atoms with Gasteiger partial charge < -0.3 is 14.4 Å². The number of halogens is 1. The molecule has 1 atom stereocenters. The molecule has 0 N–H and O–H groups in total. The topological polar surface area (TPSA) is 64.8 Å². The van der Waals surface area contributed by atoms with E-state index in [2.05, 4.69) is 4.90 Å². The van der Waals surface area contributed by atoms with E-state index in [1.165, 1.54) is 6.07 Å². The standard InChI is InChI=1S/C14H17ClN2O4/c1-10-6-13(11(15)7-12(10)17(18)19)16-3-5-21-14(8-16)2-4-20-9-14/h6-7H,2-5,8-9H2,1H3. The maximum absolute atomic E-state index is 11.0. The SMILES string of the molecule is Cc1cc(N2CCOC3(CCOC3)C2)c(Cl)cc1[N+](=O)[O-]. The Kier molecular flexibility index (Phi) is 3.77. The van der Waals surface area contributed by atoms with Crippen LogP contribution in [0.3, 0.4) is 0 Å². The number of nitro groups is 1. The van der Waals surface area contributed by atoms with Crippen LogP contribution in [0.1, 0.15) is 12.0 Å². The number of hydrogen-bond acceptors (Lipinski definition) is 5. The lowest BCUT2D eigenvalue weighted by Gasteiger charge is -2.41. The Bertz CT molecular complexity index is 572. The molecule has 6 nitrogen and oxygen atoms in total. The van der Waals surface area contributed by atoms with Crippen LogP contribution >= 0.6 is 11.6 Å². The Balaban J connectivity index is 1.89. The van der Waals surface area contributed by atoms with E-state index >= 15 is 0 Å². The second-order valence-corrected chi connectivity index (χ2v) is 6.01. The highest BCUT2D eigenvalue weighted by molar-refractivity contribution is 6.33. The molecule has 0 aliphatic carbocycles. The first-order chi connectivity index (χ1) is 10.0. The van der Waals surface area contributed by atoms with Crippen LogP contribution in [0.2, 0.25) is 5.02 Å². The molecule has 2 aliphatic rings. The lowest BCUT2D eigenvalue weighted by atomic mass is 10.00. The van der Waals surface area contributed by atoms with Crippen molar-refractivity contribution in [3.8, 4) is 0 Å². The summed E-state index contributed by atoms with van der Waals surface area (Å²) in [5.41, 5.74) is 1.23. The van der Waals surface area contributed by atoms with E-state index in [0.717, 1.165) is 18.7 Å². The summed E-state index contributed by atoms with van der Waals surface area (Å²) in [7, 11) is 0. The fraction of sp³-hybridized carbons (Fsp3) is 0.571. The van der Waals surface area contributed by atoms with Gasteiger partial charge in [-0.3, -0.25) is 10.1 Å². The molecule has 2 heterocycles. The van der Waals surface area contributed by atoms with Crippen molar-refractivity contribution < 1.29 is 14.4 Å². The molecule has 0 radical (unpaired) electrons. The third kappa shape index (κ3) is 2.71. The highest BCUT2D eigenvalue weighted by Gasteiger charge is 2.41. The van der Waals surface area contributed by atoms with Gasteiger partial charge in [0.2, 0.25) is 0 Å². The average Bonchev–Trinajstić information content (AvgIpc) is 2.88. The van der Waals surface area contributed by atoms with Crippen LogP contribution in [0.5, 0.6) is 0 Å². The van der Waals surface area contributed by atoms with Crippen molar-refractivity contribution in [1.29, 1.82) is 0 Å². The minimum atomic E-state index is -0.406. The Labute approximate surface area is 127 Å². The van der Waals surface area contributed by atoms with Gasteiger partial charge in [0, 0.05) is 37.7 Å². The molecule has 21 heavy (non-hydrogen) atoms. The third-order valence-corrected chi connectivity index (χ3v) is 4.42. The molecule has 1 unspecified atom stereocenters. The van der Waals surface area contributed by atoms with Gasteiger partial charge in [0.1, 0.15) is 5.60 Å². The number of nitrogens with zero attached hydrogens (tertiary/aromatic N) is 2. The quantitative estimate of drug-likeness (QED) is 0.620. The van der Waals surface area contributed by atoms with Gasteiger partial charge in [-0.1, -0.05) is 11.6 Å². The molecule has 7 heteroatoms. The molecule has 3 rings (SSSR count). The predicted octanol–water partition coefficient (Wildman–Crippen LogP) is 2.55. The van der Waals surface area contributed by atoms with Gasteiger partial charge in [-0.15, -0.1) is 0 Å². The summed E-state index contributed by atoms with van der Waals surface area (Å²) < 4.78 is 11.3. The number of anilines is 1. The van der Waals surface area contributed by atoms with Crippen molar-refractivity contribution in [2.75, 3.05) is 37.8 Å². The second kappa shape index (κ2) is 5.44. The molecule has 114 valence electrons. The van der Waals surface area contributed by atoms with Crippen LogP contribution in [0.25, 0.3) is 0 Å². The minimum Gasteiger partial charge on any atom is -0.378 e. The zero-order valence-corrected chi connectivity index (χ0v) is 12.6. The maximum atomic E-state index is 11.0. The number of rotatable bonds is 2. The molecule has 1 aromatic carbocycles. The van der Waals surface area contributed by atoms with Crippen LogP contribution in [-0.4, -0.2) is 43.4 Å². The Morgan fingerprint density at radius 3 is 2.90 bits per heavy atom. The van der Waals surface area contributed by atoms with Crippen LogP contribution in [0.15, 0.2) is 12.1 Å². The summed E-state index contributed by atoms with van der Waals surface area (Å²) in [4.78, 5) is 12.7. The van der Waals surface area contributed by atoms with E-state index in [-0.39, 0.29) is 11.3 Å². The van der Waals surface area contributed by atoms with Gasteiger partial charge in [-0.05, 0) is 13.0 Å². The van der Waals surface area contributed by atoms with Crippen molar-refractivity contribution in [3.05, 3.63) is 32.8 Å². The lowest BCUT2D eigenvalue weighted by Crippen LogP contribution is -2.52. The number of morpholine rings is 1. The predicted molar refractivity (Wildman–Crippen MR) is 79.2 cm³/mol. The van der Waals surface area contributed by atoms with Gasteiger partial charge in [0.25, 0.3) is 5.69 Å². The number of nitro benzene ring substituents is 1. The first-order valence-electron chi connectivity index (χ1n) is 6.92.